The third-order valence-corrected chi connectivity index (χ3v) is 13.1. The number of hydrogen-bond acceptors (Lipinski definition) is 6. The number of anilines is 1. The Morgan fingerprint density at radius 2 is 0.935 bits per heavy atom. The van der Waals surface area contributed by atoms with Crippen molar-refractivity contribution in [3.05, 3.63) is 30.5 Å². The average Bonchev–Trinajstić information content (AvgIpc) is 3.67. The summed E-state index contributed by atoms with van der Waals surface area (Å²) in [6.45, 7) is 13.3. The van der Waals surface area contributed by atoms with Crippen molar-refractivity contribution < 1.29 is 19.1 Å². The first-order valence-electron chi connectivity index (χ1n) is 26.9. The quantitative estimate of drug-likeness (QED) is 0.0406. The Morgan fingerprint density at radius 1 is 0.516 bits per heavy atom. The van der Waals surface area contributed by atoms with Crippen LogP contribution in [-0.4, -0.2) is 53.2 Å². The second kappa shape index (κ2) is 38.9. The smallest absolute Gasteiger partial charge is 0.306 e. The van der Waals surface area contributed by atoms with Crippen LogP contribution in [0.15, 0.2) is 30.5 Å². The van der Waals surface area contributed by atoms with Crippen LogP contribution < -0.4 is 5.73 Å². The van der Waals surface area contributed by atoms with E-state index in [-0.39, 0.29) is 24.1 Å². The van der Waals surface area contributed by atoms with Gasteiger partial charge < -0.3 is 24.7 Å². The number of unbranched alkanes of at least 4 members (excludes halogenated alkanes) is 23. The molecule has 0 aliphatic carbocycles. The zero-order valence-electron chi connectivity index (χ0n) is 41.2. The molecule has 358 valence electrons. The molecule has 0 bridgehead atoms. The van der Waals surface area contributed by atoms with E-state index in [2.05, 4.69) is 61.6 Å². The fourth-order valence-corrected chi connectivity index (χ4v) is 9.04. The molecule has 2 aromatic rings. The van der Waals surface area contributed by atoms with Crippen molar-refractivity contribution in [3.8, 4) is 0 Å². The monoisotopic (exact) mass is 866 g/mol. The number of hydrogen-bond donors (Lipinski definition) is 1. The number of nitrogens with zero attached hydrogens (tertiary/aromatic N) is 2. The molecule has 1 heterocycles. The number of ether oxygens (including phenoxy) is 2. The first-order valence-corrected chi connectivity index (χ1v) is 26.9. The third-order valence-electron chi connectivity index (χ3n) is 13.1. The predicted molar refractivity (Wildman–Crippen MR) is 267 cm³/mol. The summed E-state index contributed by atoms with van der Waals surface area (Å²) in [4.78, 5) is 28.2. The molecule has 0 radical (unpaired) electrons. The molecule has 1 atom stereocenters. The van der Waals surface area contributed by atoms with E-state index in [1.165, 1.54) is 165 Å². The lowest BCUT2D eigenvalue weighted by molar-refractivity contribution is -0.150. The first-order chi connectivity index (χ1) is 30.4. The lowest BCUT2D eigenvalue weighted by Crippen LogP contribution is -2.28. The Bertz CT molecular complexity index is 1330. The average molecular weight is 866 g/mol. The number of rotatable bonds is 44. The zero-order chi connectivity index (χ0) is 44.7. The standard InChI is InChI=1S/C55H99N3O4/c1-5-9-12-15-20-27-35-51(8-4)61-54(59)38-30-23-18-25-32-43-57(45-34-46-58-47-42-49-48-50(56)40-41-53(49)58)44-33-26-19-24-31-39-55(60)62-52(36-28-21-16-13-10-6-2)37-29-22-17-14-11-7-3/h40-42,47-48,51-52H,5-39,43-46,56H2,1-4H3. The fourth-order valence-electron chi connectivity index (χ4n) is 9.04. The Balaban J connectivity index is 1.70. The van der Waals surface area contributed by atoms with Gasteiger partial charge in [-0.3, -0.25) is 9.59 Å². The minimum Gasteiger partial charge on any atom is -0.462 e. The van der Waals surface area contributed by atoms with Crippen molar-refractivity contribution in [2.24, 2.45) is 0 Å². The van der Waals surface area contributed by atoms with Gasteiger partial charge in [-0.2, -0.15) is 0 Å². The van der Waals surface area contributed by atoms with Crippen LogP contribution in [0, 0.1) is 0 Å². The number of aromatic nitrogens is 1. The molecule has 2 N–H and O–H groups in total. The van der Waals surface area contributed by atoms with Crippen molar-refractivity contribution in [3.63, 3.8) is 0 Å². The Labute approximate surface area is 382 Å². The maximum atomic E-state index is 12.9. The highest BCUT2D eigenvalue weighted by Gasteiger charge is 2.15. The van der Waals surface area contributed by atoms with Crippen molar-refractivity contribution in [2.75, 3.05) is 25.4 Å². The van der Waals surface area contributed by atoms with Gasteiger partial charge in [-0.25, -0.2) is 0 Å². The van der Waals surface area contributed by atoms with Crippen molar-refractivity contribution in [1.82, 2.24) is 9.47 Å². The highest BCUT2D eigenvalue weighted by atomic mass is 16.5. The van der Waals surface area contributed by atoms with E-state index in [0.29, 0.717) is 12.8 Å². The van der Waals surface area contributed by atoms with Crippen LogP contribution in [0.4, 0.5) is 5.69 Å². The second-order valence-electron chi connectivity index (χ2n) is 18.9. The molecule has 1 aromatic carbocycles. The molecular formula is C55H99N3O4. The van der Waals surface area contributed by atoms with Crippen LogP contribution in [0.1, 0.15) is 252 Å². The number of carbonyl (C=O) groups excluding carboxylic acids is 2. The van der Waals surface area contributed by atoms with E-state index >= 15 is 0 Å². The number of nitrogen functional groups attached to an aromatic ring is 1. The number of carbonyl (C=O) groups is 2. The molecule has 7 heteroatoms. The van der Waals surface area contributed by atoms with E-state index in [9.17, 15) is 9.59 Å². The maximum absolute atomic E-state index is 12.9. The van der Waals surface area contributed by atoms with Gasteiger partial charge in [0.15, 0.2) is 0 Å². The van der Waals surface area contributed by atoms with Gasteiger partial charge in [0.25, 0.3) is 0 Å². The van der Waals surface area contributed by atoms with E-state index in [4.69, 9.17) is 15.2 Å². The molecule has 1 aromatic heterocycles. The van der Waals surface area contributed by atoms with Crippen molar-refractivity contribution in [1.29, 1.82) is 0 Å². The summed E-state index contributed by atoms with van der Waals surface area (Å²) in [6.07, 6.45) is 43.0. The lowest BCUT2D eigenvalue weighted by Gasteiger charge is -2.23. The highest BCUT2D eigenvalue weighted by Crippen LogP contribution is 2.21. The molecule has 1 unspecified atom stereocenters. The van der Waals surface area contributed by atoms with E-state index < -0.39 is 0 Å². The maximum Gasteiger partial charge on any atom is 0.306 e. The van der Waals surface area contributed by atoms with Gasteiger partial charge in [0.05, 0.1) is 0 Å². The molecule has 2 rings (SSSR count). The molecule has 0 spiro atoms. The first kappa shape index (κ1) is 55.6. The normalized spacial score (nSPS) is 12.2. The minimum absolute atomic E-state index is 0.000811. The van der Waals surface area contributed by atoms with Crippen LogP contribution in [0.5, 0.6) is 0 Å². The van der Waals surface area contributed by atoms with E-state index in [0.717, 1.165) is 89.7 Å². The molecule has 0 aliphatic rings. The van der Waals surface area contributed by atoms with Gasteiger partial charge in [0.2, 0.25) is 0 Å². The molecule has 0 saturated heterocycles. The van der Waals surface area contributed by atoms with E-state index in [1.54, 1.807) is 0 Å². The number of aryl methyl sites for hydroxylation is 1. The number of fused-ring (bicyclic) bond motifs is 1. The summed E-state index contributed by atoms with van der Waals surface area (Å²) in [5, 5.41) is 1.21. The van der Waals surface area contributed by atoms with Gasteiger partial charge in [-0.05, 0) is 121 Å². The van der Waals surface area contributed by atoms with Gasteiger partial charge in [0, 0.05) is 42.2 Å². The van der Waals surface area contributed by atoms with Gasteiger partial charge in [-0.15, -0.1) is 0 Å². The largest absolute Gasteiger partial charge is 0.462 e. The Hall–Kier alpha value is -2.54. The van der Waals surface area contributed by atoms with Crippen LogP contribution in [-0.2, 0) is 25.6 Å². The predicted octanol–water partition coefficient (Wildman–Crippen LogP) is 16.1. The molecule has 0 saturated carbocycles. The molecular weight excluding hydrogens is 767 g/mol. The number of benzene rings is 1. The van der Waals surface area contributed by atoms with Crippen LogP contribution in [0.2, 0.25) is 0 Å². The van der Waals surface area contributed by atoms with Gasteiger partial charge >= 0.3 is 11.9 Å². The zero-order valence-corrected chi connectivity index (χ0v) is 41.2. The topological polar surface area (TPSA) is 86.8 Å². The fraction of sp³-hybridized carbons (Fsp3) is 0.818. The SMILES string of the molecule is CCCCCCCCC(CC)OC(=O)CCCCCCCN(CCCCCCCC(=O)OC(CCCCCCCC)CCCCCCCC)CCCn1ccc2cc(N)ccc21. The third kappa shape index (κ3) is 29.0. The summed E-state index contributed by atoms with van der Waals surface area (Å²) >= 11 is 0. The van der Waals surface area contributed by atoms with Crippen LogP contribution >= 0.6 is 0 Å². The van der Waals surface area contributed by atoms with Crippen LogP contribution in [0.3, 0.4) is 0 Å². The number of nitrogens with two attached hydrogens (primary N) is 1. The van der Waals surface area contributed by atoms with E-state index in [1.807, 2.05) is 6.07 Å². The second-order valence-corrected chi connectivity index (χ2v) is 18.9. The highest BCUT2D eigenvalue weighted by molar-refractivity contribution is 5.83. The molecule has 7 nitrogen and oxygen atoms in total. The summed E-state index contributed by atoms with van der Waals surface area (Å²) in [7, 11) is 0. The van der Waals surface area contributed by atoms with Crippen molar-refractivity contribution in [2.45, 2.75) is 271 Å². The lowest BCUT2D eigenvalue weighted by atomic mass is 10.0. The van der Waals surface area contributed by atoms with Gasteiger partial charge in [0.1, 0.15) is 12.2 Å². The summed E-state index contributed by atoms with van der Waals surface area (Å²) in [6, 6.07) is 8.38. The molecule has 0 fully saturated rings. The molecule has 0 amide bonds. The minimum atomic E-state index is -0.000811. The summed E-state index contributed by atoms with van der Waals surface area (Å²) < 4.78 is 14.3. The Kier molecular flexibility index (Phi) is 34.9. The molecule has 0 aliphatic heterocycles. The molecule has 62 heavy (non-hydrogen) atoms. The van der Waals surface area contributed by atoms with Gasteiger partial charge in [-0.1, -0.05) is 163 Å². The van der Waals surface area contributed by atoms with Crippen LogP contribution in [0.25, 0.3) is 10.9 Å². The van der Waals surface area contributed by atoms with Crippen molar-refractivity contribution >= 4 is 28.5 Å². The summed E-state index contributed by atoms with van der Waals surface area (Å²) in [5.74, 6) is 0.0278. The Morgan fingerprint density at radius 3 is 1.44 bits per heavy atom. The number of esters is 2. The summed E-state index contributed by atoms with van der Waals surface area (Å²) in [5.41, 5.74) is 8.11.